The summed E-state index contributed by atoms with van der Waals surface area (Å²) in [4.78, 5) is 5.12. The van der Waals surface area contributed by atoms with Crippen molar-refractivity contribution in [1.29, 1.82) is 0 Å². The molecule has 0 radical (unpaired) electrons. The Labute approximate surface area is 123 Å². The van der Waals surface area contributed by atoms with Crippen LogP contribution in [-0.2, 0) is 10.0 Å². The summed E-state index contributed by atoms with van der Waals surface area (Å²) in [5.41, 5.74) is -0.0578. The zero-order chi connectivity index (χ0) is 14.5. The Morgan fingerprint density at radius 3 is 2.30 bits per heavy atom. The smallest absolute Gasteiger partial charge is 0.211 e. The maximum Gasteiger partial charge on any atom is 0.211 e. The van der Waals surface area contributed by atoms with Crippen molar-refractivity contribution in [2.24, 2.45) is 0 Å². The van der Waals surface area contributed by atoms with Crippen LogP contribution in [0, 0.1) is 0 Å². The standard InChI is InChI=1S/C14H27N3O2S/c1-14(2)11-16(20(3,18)19)10-13-9-15(7-8-17(13)14)12-5-4-6-12/h12-13H,4-11H2,1-3H3. The molecule has 0 aromatic carbocycles. The predicted octanol–water partition coefficient (Wildman–Crippen LogP) is 0.579. The molecule has 1 saturated carbocycles. The Hall–Kier alpha value is -0.170. The van der Waals surface area contributed by atoms with Crippen molar-refractivity contribution in [3.63, 3.8) is 0 Å². The molecular formula is C14H27N3O2S. The highest BCUT2D eigenvalue weighted by Crippen LogP contribution is 2.32. The van der Waals surface area contributed by atoms with Gasteiger partial charge in [-0.2, -0.15) is 4.31 Å². The van der Waals surface area contributed by atoms with Gasteiger partial charge < -0.3 is 0 Å². The van der Waals surface area contributed by atoms with Gasteiger partial charge in [0.05, 0.1) is 6.26 Å². The first kappa shape index (κ1) is 14.8. The van der Waals surface area contributed by atoms with Crippen molar-refractivity contribution in [3.05, 3.63) is 0 Å². The SMILES string of the molecule is CC1(C)CN(S(C)(=O)=O)CC2CN(C3CCC3)CCN21. The maximum atomic E-state index is 11.9. The van der Waals surface area contributed by atoms with Gasteiger partial charge in [-0.05, 0) is 26.7 Å². The highest BCUT2D eigenvalue weighted by Gasteiger charge is 2.45. The summed E-state index contributed by atoms with van der Waals surface area (Å²) >= 11 is 0. The molecule has 0 spiro atoms. The van der Waals surface area contributed by atoms with Crippen LogP contribution in [0.1, 0.15) is 33.1 Å². The minimum atomic E-state index is -3.09. The summed E-state index contributed by atoms with van der Waals surface area (Å²) in [6, 6.07) is 1.11. The molecule has 20 heavy (non-hydrogen) atoms. The molecule has 0 aromatic heterocycles. The molecule has 0 N–H and O–H groups in total. The van der Waals surface area contributed by atoms with Gasteiger partial charge in [0, 0.05) is 50.3 Å². The quantitative estimate of drug-likeness (QED) is 0.748. The van der Waals surface area contributed by atoms with Gasteiger partial charge in [-0.3, -0.25) is 9.80 Å². The van der Waals surface area contributed by atoms with E-state index in [-0.39, 0.29) is 5.54 Å². The van der Waals surface area contributed by atoms with Crippen LogP contribution < -0.4 is 0 Å². The number of nitrogens with zero attached hydrogens (tertiary/aromatic N) is 3. The first-order valence-corrected chi connectivity index (χ1v) is 9.58. The van der Waals surface area contributed by atoms with Crippen molar-refractivity contribution < 1.29 is 8.42 Å². The molecule has 1 aliphatic carbocycles. The van der Waals surface area contributed by atoms with E-state index in [2.05, 4.69) is 23.6 Å². The third-order valence-electron chi connectivity index (χ3n) is 5.33. The molecule has 1 atom stereocenters. The van der Waals surface area contributed by atoms with E-state index in [0.29, 0.717) is 19.1 Å². The fourth-order valence-corrected chi connectivity index (χ4v) is 4.98. The monoisotopic (exact) mass is 301 g/mol. The van der Waals surface area contributed by atoms with E-state index in [9.17, 15) is 8.42 Å². The Balaban J connectivity index is 1.76. The van der Waals surface area contributed by atoms with Gasteiger partial charge in [-0.25, -0.2) is 8.42 Å². The van der Waals surface area contributed by atoms with Gasteiger partial charge in [0.2, 0.25) is 10.0 Å². The zero-order valence-corrected chi connectivity index (χ0v) is 13.7. The lowest BCUT2D eigenvalue weighted by atomic mass is 9.88. The molecule has 3 fully saturated rings. The van der Waals surface area contributed by atoms with Crippen LogP contribution in [0.5, 0.6) is 0 Å². The minimum absolute atomic E-state index is 0.0578. The Morgan fingerprint density at radius 2 is 1.75 bits per heavy atom. The van der Waals surface area contributed by atoms with Gasteiger partial charge >= 0.3 is 0 Å². The van der Waals surface area contributed by atoms with E-state index in [0.717, 1.165) is 25.7 Å². The van der Waals surface area contributed by atoms with Crippen LogP contribution in [0.3, 0.4) is 0 Å². The lowest BCUT2D eigenvalue weighted by Crippen LogP contribution is -2.71. The minimum Gasteiger partial charge on any atom is -0.298 e. The normalized spacial score (nSPS) is 33.6. The van der Waals surface area contributed by atoms with Gasteiger partial charge in [0.15, 0.2) is 0 Å². The lowest BCUT2D eigenvalue weighted by Gasteiger charge is -2.56. The first-order valence-electron chi connectivity index (χ1n) is 7.73. The lowest BCUT2D eigenvalue weighted by molar-refractivity contribution is -0.0608. The molecule has 0 aromatic rings. The second kappa shape index (κ2) is 4.93. The molecular weight excluding hydrogens is 274 g/mol. The molecule has 1 unspecified atom stereocenters. The second-order valence-corrected chi connectivity index (χ2v) is 9.28. The Morgan fingerprint density at radius 1 is 1.05 bits per heavy atom. The van der Waals surface area contributed by atoms with E-state index in [1.807, 2.05) is 0 Å². The number of rotatable bonds is 2. The molecule has 116 valence electrons. The van der Waals surface area contributed by atoms with Gasteiger partial charge in [0.1, 0.15) is 0 Å². The molecule has 2 heterocycles. The average Bonchev–Trinajstić information content (AvgIpc) is 2.23. The molecule has 0 amide bonds. The highest BCUT2D eigenvalue weighted by molar-refractivity contribution is 7.88. The molecule has 2 saturated heterocycles. The molecule has 5 nitrogen and oxygen atoms in total. The maximum absolute atomic E-state index is 11.9. The third-order valence-corrected chi connectivity index (χ3v) is 6.55. The van der Waals surface area contributed by atoms with Crippen LogP contribution in [0.2, 0.25) is 0 Å². The number of sulfonamides is 1. The summed E-state index contributed by atoms with van der Waals surface area (Å²) in [6.07, 6.45) is 5.35. The summed E-state index contributed by atoms with van der Waals surface area (Å²) in [6.45, 7) is 8.87. The van der Waals surface area contributed by atoms with Crippen molar-refractivity contribution in [2.45, 2.75) is 50.7 Å². The molecule has 0 bridgehead atoms. The Bertz CT molecular complexity index is 473. The predicted molar refractivity (Wildman–Crippen MR) is 80.2 cm³/mol. The zero-order valence-electron chi connectivity index (χ0n) is 12.9. The van der Waals surface area contributed by atoms with Gasteiger partial charge in [-0.1, -0.05) is 6.42 Å². The van der Waals surface area contributed by atoms with Crippen LogP contribution >= 0.6 is 0 Å². The molecule has 3 rings (SSSR count). The van der Waals surface area contributed by atoms with Gasteiger partial charge in [0.25, 0.3) is 0 Å². The Kier molecular flexibility index (Phi) is 3.64. The van der Waals surface area contributed by atoms with Crippen LogP contribution in [-0.4, -0.2) is 79.1 Å². The largest absolute Gasteiger partial charge is 0.298 e. The number of fused-ring (bicyclic) bond motifs is 1. The average molecular weight is 301 g/mol. The topological polar surface area (TPSA) is 43.9 Å². The third kappa shape index (κ3) is 2.63. The summed E-state index contributed by atoms with van der Waals surface area (Å²) in [5, 5.41) is 0. The number of hydrogen-bond donors (Lipinski definition) is 0. The van der Waals surface area contributed by atoms with E-state index in [1.165, 1.54) is 25.5 Å². The molecule has 3 aliphatic rings. The van der Waals surface area contributed by atoms with Crippen molar-refractivity contribution in [3.8, 4) is 0 Å². The summed E-state index contributed by atoms with van der Waals surface area (Å²) < 4.78 is 25.5. The summed E-state index contributed by atoms with van der Waals surface area (Å²) in [7, 11) is -3.09. The fourth-order valence-electron chi connectivity index (χ4n) is 3.99. The molecule has 2 aliphatic heterocycles. The highest BCUT2D eigenvalue weighted by atomic mass is 32.2. The van der Waals surface area contributed by atoms with Crippen LogP contribution in [0.15, 0.2) is 0 Å². The number of hydrogen-bond acceptors (Lipinski definition) is 4. The van der Waals surface area contributed by atoms with Crippen molar-refractivity contribution >= 4 is 10.0 Å². The first-order chi connectivity index (χ1) is 9.27. The van der Waals surface area contributed by atoms with Crippen molar-refractivity contribution in [2.75, 3.05) is 39.0 Å². The van der Waals surface area contributed by atoms with E-state index in [1.54, 1.807) is 4.31 Å². The van der Waals surface area contributed by atoms with Crippen LogP contribution in [0.4, 0.5) is 0 Å². The van der Waals surface area contributed by atoms with Crippen molar-refractivity contribution in [1.82, 2.24) is 14.1 Å². The van der Waals surface area contributed by atoms with E-state index < -0.39 is 10.0 Å². The van der Waals surface area contributed by atoms with Crippen LogP contribution in [0.25, 0.3) is 0 Å². The van der Waals surface area contributed by atoms with E-state index >= 15 is 0 Å². The number of piperazine rings is 2. The molecule has 6 heteroatoms. The fraction of sp³-hybridized carbons (Fsp3) is 1.00. The second-order valence-electron chi connectivity index (χ2n) is 7.29. The van der Waals surface area contributed by atoms with Gasteiger partial charge in [-0.15, -0.1) is 0 Å². The van der Waals surface area contributed by atoms with E-state index in [4.69, 9.17) is 0 Å². The summed E-state index contributed by atoms with van der Waals surface area (Å²) in [5.74, 6) is 0.